The lowest BCUT2D eigenvalue weighted by Gasteiger charge is -2.18. The highest BCUT2D eigenvalue weighted by Crippen LogP contribution is 2.21. The minimum atomic E-state index is 0.272. The third-order valence-corrected chi connectivity index (χ3v) is 2.78. The van der Waals surface area contributed by atoms with E-state index in [9.17, 15) is 0 Å². The molecule has 0 aliphatic rings. The van der Waals surface area contributed by atoms with Gasteiger partial charge in [-0.1, -0.05) is 24.9 Å². The first-order valence-electron chi connectivity index (χ1n) is 5.66. The van der Waals surface area contributed by atoms with Gasteiger partial charge in [-0.15, -0.1) is 0 Å². The van der Waals surface area contributed by atoms with Crippen molar-refractivity contribution in [2.24, 2.45) is 0 Å². The Kier molecular flexibility index (Phi) is 5.82. The maximum atomic E-state index is 8.78. The molecule has 1 aromatic rings. The number of anilines is 1. The van der Waals surface area contributed by atoms with E-state index in [1.807, 2.05) is 12.1 Å². The lowest BCUT2D eigenvalue weighted by molar-refractivity contribution is 0.182. The first-order valence-corrected chi connectivity index (χ1v) is 6.04. The minimum absolute atomic E-state index is 0.272. The van der Waals surface area contributed by atoms with Gasteiger partial charge in [-0.25, -0.2) is 0 Å². The van der Waals surface area contributed by atoms with Crippen molar-refractivity contribution in [3.8, 4) is 6.07 Å². The summed E-state index contributed by atoms with van der Waals surface area (Å²) in [5.74, 6) is 0. The molecule has 0 saturated heterocycles. The molecule has 0 aliphatic carbocycles. The fourth-order valence-electron chi connectivity index (χ4n) is 1.68. The van der Waals surface area contributed by atoms with Crippen LogP contribution in [0.15, 0.2) is 18.2 Å². The van der Waals surface area contributed by atoms with Crippen molar-refractivity contribution < 1.29 is 4.74 Å². The van der Waals surface area contributed by atoms with Crippen molar-refractivity contribution in [2.75, 3.05) is 19.0 Å². The molecule has 4 heteroatoms. The van der Waals surface area contributed by atoms with Gasteiger partial charge in [0.05, 0.1) is 17.2 Å². The van der Waals surface area contributed by atoms with Gasteiger partial charge in [-0.2, -0.15) is 5.26 Å². The van der Waals surface area contributed by atoms with Crippen molar-refractivity contribution in [1.82, 2.24) is 0 Å². The third-order valence-electron chi connectivity index (χ3n) is 2.47. The fraction of sp³-hybridized carbons (Fsp3) is 0.462. The second-order valence-corrected chi connectivity index (χ2v) is 4.30. The molecule has 0 saturated carbocycles. The maximum absolute atomic E-state index is 8.78. The van der Waals surface area contributed by atoms with E-state index in [-0.39, 0.29) is 6.04 Å². The number of nitriles is 1. The second-order valence-electron chi connectivity index (χ2n) is 3.89. The van der Waals surface area contributed by atoms with Crippen molar-refractivity contribution in [3.05, 3.63) is 28.8 Å². The van der Waals surface area contributed by atoms with Gasteiger partial charge in [-0.3, -0.25) is 0 Å². The zero-order chi connectivity index (χ0) is 12.7. The zero-order valence-electron chi connectivity index (χ0n) is 10.2. The number of hydrogen-bond donors (Lipinski definition) is 1. The summed E-state index contributed by atoms with van der Waals surface area (Å²) >= 11 is 5.97. The Morgan fingerprint density at radius 2 is 2.29 bits per heavy atom. The summed E-state index contributed by atoms with van der Waals surface area (Å²) < 4.78 is 5.16. The summed E-state index contributed by atoms with van der Waals surface area (Å²) in [6.45, 7) is 2.79. The standard InChI is InChI=1S/C13H17ClN2O/c1-3-4-12(9-17-2)16-11-6-5-10(8-15)13(14)7-11/h5-7,12,16H,3-4,9H2,1-2H3. The topological polar surface area (TPSA) is 45.0 Å². The van der Waals surface area contributed by atoms with Gasteiger partial charge < -0.3 is 10.1 Å². The first-order chi connectivity index (χ1) is 8.21. The summed E-state index contributed by atoms with van der Waals surface area (Å²) in [6, 6.07) is 7.68. The Morgan fingerprint density at radius 3 is 2.82 bits per heavy atom. The van der Waals surface area contributed by atoms with Crippen LogP contribution in [0.4, 0.5) is 5.69 Å². The van der Waals surface area contributed by atoms with Gasteiger partial charge in [0, 0.05) is 18.8 Å². The lowest BCUT2D eigenvalue weighted by Crippen LogP contribution is -2.24. The van der Waals surface area contributed by atoms with E-state index in [2.05, 4.69) is 12.2 Å². The Hall–Kier alpha value is -1.24. The Bertz CT molecular complexity index is 395. The van der Waals surface area contributed by atoms with Gasteiger partial charge >= 0.3 is 0 Å². The molecular formula is C13H17ClN2O. The van der Waals surface area contributed by atoms with Crippen LogP contribution in [-0.2, 0) is 4.74 Å². The number of hydrogen-bond acceptors (Lipinski definition) is 3. The van der Waals surface area contributed by atoms with Crippen LogP contribution in [0.5, 0.6) is 0 Å². The minimum Gasteiger partial charge on any atom is -0.383 e. The zero-order valence-corrected chi connectivity index (χ0v) is 10.9. The highest BCUT2D eigenvalue weighted by Gasteiger charge is 2.08. The Labute approximate surface area is 107 Å². The molecule has 1 atom stereocenters. The van der Waals surface area contributed by atoms with Gasteiger partial charge in [0.2, 0.25) is 0 Å². The third kappa shape index (κ3) is 4.26. The van der Waals surface area contributed by atoms with Gasteiger partial charge in [0.15, 0.2) is 0 Å². The van der Waals surface area contributed by atoms with Gasteiger partial charge in [0.25, 0.3) is 0 Å². The highest BCUT2D eigenvalue weighted by atomic mass is 35.5. The normalized spacial score (nSPS) is 11.9. The monoisotopic (exact) mass is 252 g/mol. The molecule has 0 aromatic heterocycles. The largest absolute Gasteiger partial charge is 0.383 e. The van der Waals surface area contributed by atoms with E-state index in [1.54, 1.807) is 19.2 Å². The molecule has 0 bridgehead atoms. The quantitative estimate of drug-likeness (QED) is 0.844. The van der Waals surface area contributed by atoms with Crippen LogP contribution in [0.25, 0.3) is 0 Å². The molecule has 3 nitrogen and oxygen atoms in total. The molecule has 92 valence electrons. The SMILES string of the molecule is CCCC(COC)Nc1ccc(C#N)c(Cl)c1. The predicted molar refractivity (Wildman–Crippen MR) is 70.4 cm³/mol. The van der Waals surface area contributed by atoms with Crippen LogP contribution in [0.2, 0.25) is 5.02 Å². The Morgan fingerprint density at radius 1 is 1.53 bits per heavy atom. The van der Waals surface area contributed by atoms with Crippen molar-refractivity contribution in [3.63, 3.8) is 0 Å². The van der Waals surface area contributed by atoms with Crippen LogP contribution in [0.1, 0.15) is 25.3 Å². The van der Waals surface area contributed by atoms with Crippen LogP contribution >= 0.6 is 11.6 Å². The van der Waals surface area contributed by atoms with Crippen LogP contribution in [0, 0.1) is 11.3 Å². The molecule has 1 N–H and O–H groups in total. The Balaban J connectivity index is 2.72. The van der Waals surface area contributed by atoms with Crippen molar-refractivity contribution in [2.45, 2.75) is 25.8 Å². The molecule has 0 heterocycles. The van der Waals surface area contributed by atoms with Crippen LogP contribution in [0.3, 0.4) is 0 Å². The van der Waals surface area contributed by atoms with E-state index in [1.165, 1.54) is 0 Å². The van der Waals surface area contributed by atoms with Gasteiger partial charge in [0.1, 0.15) is 6.07 Å². The molecule has 0 amide bonds. The van der Waals surface area contributed by atoms with E-state index < -0.39 is 0 Å². The number of nitrogens with one attached hydrogen (secondary N) is 1. The number of halogens is 1. The summed E-state index contributed by atoms with van der Waals surface area (Å²) in [5.41, 5.74) is 1.42. The first kappa shape index (κ1) is 13.8. The van der Waals surface area contributed by atoms with Gasteiger partial charge in [-0.05, 0) is 24.6 Å². The molecule has 1 unspecified atom stereocenters. The van der Waals surface area contributed by atoms with E-state index >= 15 is 0 Å². The van der Waals surface area contributed by atoms with E-state index in [0.717, 1.165) is 18.5 Å². The van der Waals surface area contributed by atoms with E-state index in [4.69, 9.17) is 21.6 Å². The smallest absolute Gasteiger partial charge is 0.101 e. The molecule has 0 radical (unpaired) electrons. The highest BCUT2D eigenvalue weighted by molar-refractivity contribution is 6.32. The molecule has 0 fully saturated rings. The summed E-state index contributed by atoms with van der Waals surface area (Å²) in [5, 5.41) is 12.6. The summed E-state index contributed by atoms with van der Waals surface area (Å²) in [4.78, 5) is 0. The number of nitrogens with zero attached hydrogens (tertiary/aromatic N) is 1. The van der Waals surface area contributed by atoms with Crippen LogP contribution in [-0.4, -0.2) is 19.8 Å². The van der Waals surface area contributed by atoms with Crippen molar-refractivity contribution >= 4 is 17.3 Å². The average Bonchev–Trinajstić information content (AvgIpc) is 2.30. The van der Waals surface area contributed by atoms with Crippen LogP contribution < -0.4 is 5.32 Å². The second kappa shape index (κ2) is 7.16. The predicted octanol–water partition coefficient (Wildman–Crippen LogP) is 3.44. The fourth-order valence-corrected chi connectivity index (χ4v) is 1.90. The molecular weight excluding hydrogens is 236 g/mol. The van der Waals surface area contributed by atoms with E-state index in [0.29, 0.717) is 17.2 Å². The molecule has 1 aromatic carbocycles. The summed E-state index contributed by atoms with van der Waals surface area (Å²) in [7, 11) is 1.69. The number of methoxy groups -OCH3 is 1. The number of rotatable bonds is 6. The number of benzene rings is 1. The molecule has 0 spiro atoms. The average molecular weight is 253 g/mol. The summed E-state index contributed by atoms with van der Waals surface area (Å²) in [6.07, 6.45) is 2.12. The van der Waals surface area contributed by atoms with Crippen molar-refractivity contribution in [1.29, 1.82) is 5.26 Å². The lowest BCUT2D eigenvalue weighted by atomic mass is 10.1. The molecule has 0 aliphatic heterocycles. The molecule has 1 rings (SSSR count). The number of ether oxygens (including phenoxy) is 1. The maximum Gasteiger partial charge on any atom is 0.101 e. The molecule has 17 heavy (non-hydrogen) atoms.